The smallest absolute Gasteiger partial charge is 0.271 e. The number of amides is 1. The van der Waals surface area contributed by atoms with E-state index in [2.05, 4.69) is 10.4 Å². The maximum Gasteiger partial charge on any atom is 0.271 e. The van der Waals surface area contributed by atoms with Gasteiger partial charge in [0.25, 0.3) is 11.5 Å². The second kappa shape index (κ2) is 10.5. The molecule has 0 fully saturated rings. The molecule has 1 amide bonds. The van der Waals surface area contributed by atoms with Crippen LogP contribution in [0.1, 0.15) is 35.5 Å². The van der Waals surface area contributed by atoms with Gasteiger partial charge in [-0.25, -0.2) is 4.68 Å². The highest BCUT2D eigenvalue weighted by atomic mass is 16.5. The van der Waals surface area contributed by atoms with Crippen LogP contribution in [-0.4, -0.2) is 42.6 Å². The van der Waals surface area contributed by atoms with Gasteiger partial charge in [0.05, 0.1) is 19.3 Å². The number of carbonyl (C=O) groups excluding carboxylic acids is 1. The normalized spacial score (nSPS) is 11.9. The van der Waals surface area contributed by atoms with Gasteiger partial charge in [0.1, 0.15) is 5.69 Å². The second-order valence-electron chi connectivity index (χ2n) is 5.81. The summed E-state index contributed by atoms with van der Waals surface area (Å²) >= 11 is 0. The number of methoxy groups -OCH3 is 1. The van der Waals surface area contributed by atoms with Crippen LogP contribution in [0.25, 0.3) is 0 Å². The Balaban J connectivity index is 1.74. The van der Waals surface area contributed by atoms with Crippen LogP contribution in [0.3, 0.4) is 0 Å². The lowest BCUT2D eigenvalue weighted by Crippen LogP contribution is -2.31. The molecular formula is C19H25N3O4. The molecule has 0 radical (unpaired) electrons. The number of hydrogen-bond acceptors (Lipinski definition) is 5. The van der Waals surface area contributed by atoms with E-state index in [-0.39, 0.29) is 23.3 Å². The van der Waals surface area contributed by atoms with E-state index >= 15 is 0 Å². The van der Waals surface area contributed by atoms with Crippen LogP contribution in [-0.2, 0) is 16.0 Å². The predicted octanol–water partition coefficient (Wildman–Crippen LogP) is 1.79. The van der Waals surface area contributed by atoms with Gasteiger partial charge in [-0.15, -0.1) is 0 Å². The Morgan fingerprint density at radius 2 is 1.96 bits per heavy atom. The summed E-state index contributed by atoms with van der Waals surface area (Å²) in [7, 11) is 1.54. The molecular weight excluding hydrogens is 334 g/mol. The fourth-order valence-corrected chi connectivity index (χ4v) is 2.35. The van der Waals surface area contributed by atoms with E-state index < -0.39 is 0 Å². The van der Waals surface area contributed by atoms with E-state index in [0.29, 0.717) is 32.7 Å². The van der Waals surface area contributed by atoms with Gasteiger partial charge < -0.3 is 14.8 Å². The number of hydrogen-bond donors (Lipinski definition) is 1. The van der Waals surface area contributed by atoms with Crippen molar-refractivity contribution < 1.29 is 14.3 Å². The summed E-state index contributed by atoms with van der Waals surface area (Å²) < 4.78 is 11.9. The number of nitrogens with one attached hydrogen (secondary N) is 1. The fourth-order valence-electron chi connectivity index (χ4n) is 2.35. The monoisotopic (exact) mass is 359 g/mol. The Kier molecular flexibility index (Phi) is 7.98. The standard InChI is InChI=1S/C19H25N3O4/c1-15(16-7-4-3-5-8-16)26-13-6-11-20-19(24)17-9-10-18(23)22(21-17)12-14-25-2/h3-5,7-10,15H,6,11-14H2,1-2H3,(H,20,24). The van der Waals surface area contributed by atoms with Crippen molar-refractivity contribution in [2.45, 2.75) is 26.0 Å². The number of benzene rings is 1. The molecule has 2 rings (SSSR count). The largest absolute Gasteiger partial charge is 0.383 e. The lowest BCUT2D eigenvalue weighted by atomic mass is 10.1. The van der Waals surface area contributed by atoms with Gasteiger partial charge in [-0.3, -0.25) is 9.59 Å². The Bertz CT molecular complexity index is 746. The van der Waals surface area contributed by atoms with Gasteiger partial charge in [-0.2, -0.15) is 5.10 Å². The zero-order chi connectivity index (χ0) is 18.8. The zero-order valence-electron chi connectivity index (χ0n) is 15.2. The van der Waals surface area contributed by atoms with E-state index in [1.165, 1.54) is 16.8 Å². The third-order valence-corrected chi connectivity index (χ3v) is 3.85. The molecule has 0 aliphatic carbocycles. The molecule has 2 aromatic rings. The summed E-state index contributed by atoms with van der Waals surface area (Å²) in [5.74, 6) is -0.313. The lowest BCUT2D eigenvalue weighted by Gasteiger charge is -2.13. The summed E-state index contributed by atoms with van der Waals surface area (Å²) in [5.41, 5.74) is 1.07. The highest BCUT2D eigenvalue weighted by Gasteiger charge is 2.09. The molecule has 0 saturated heterocycles. The molecule has 140 valence electrons. The van der Waals surface area contributed by atoms with Crippen LogP contribution in [0.15, 0.2) is 47.3 Å². The summed E-state index contributed by atoms with van der Waals surface area (Å²) in [6.45, 7) is 3.67. The van der Waals surface area contributed by atoms with Crippen LogP contribution < -0.4 is 10.9 Å². The van der Waals surface area contributed by atoms with Crippen molar-refractivity contribution in [2.24, 2.45) is 0 Å². The van der Waals surface area contributed by atoms with Crippen LogP contribution in [0.5, 0.6) is 0 Å². The highest BCUT2D eigenvalue weighted by Crippen LogP contribution is 2.15. The lowest BCUT2D eigenvalue weighted by molar-refractivity contribution is 0.0634. The predicted molar refractivity (Wildman–Crippen MR) is 98.1 cm³/mol. The molecule has 0 spiro atoms. The third kappa shape index (κ3) is 6.09. The van der Waals surface area contributed by atoms with E-state index in [4.69, 9.17) is 9.47 Å². The fraction of sp³-hybridized carbons (Fsp3) is 0.421. The van der Waals surface area contributed by atoms with Crippen molar-refractivity contribution in [3.05, 3.63) is 64.1 Å². The van der Waals surface area contributed by atoms with Crippen molar-refractivity contribution in [1.29, 1.82) is 0 Å². The molecule has 0 aliphatic rings. The van der Waals surface area contributed by atoms with E-state index in [1.54, 1.807) is 7.11 Å². The maximum absolute atomic E-state index is 12.1. The Hall–Kier alpha value is -2.51. The van der Waals surface area contributed by atoms with E-state index in [1.807, 2.05) is 37.3 Å². The first-order valence-corrected chi connectivity index (χ1v) is 8.63. The molecule has 0 bridgehead atoms. The minimum atomic E-state index is -0.313. The Morgan fingerprint density at radius 1 is 1.19 bits per heavy atom. The zero-order valence-corrected chi connectivity index (χ0v) is 15.2. The van der Waals surface area contributed by atoms with Crippen LogP contribution in [0, 0.1) is 0 Å². The highest BCUT2D eigenvalue weighted by molar-refractivity contribution is 5.91. The quantitative estimate of drug-likeness (QED) is 0.654. The minimum Gasteiger partial charge on any atom is -0.383 e. The molecule has 1 atom stereocenters. The minimum absolute atomic E-state index is 0.0120. The first-order valence-electron chi connectivity index (χ1n) is 8.63. The summed E-state index contributed by atoms with van der Waals surface area (Å²) in [6, 6.07) is 12.7. The van der Waals surface area contributed by atoms with E-state index in [0.717, 1.165) is 5.56 Å². The molecule has 1 N–H and O–H groups in total. The molecule has 0 aliphatic heterocycles. The molecule has 1 aromatic carbocycles. The summed E-state index contributed by atoms with van der Waals surface area (Å²) in [4.78, 5) is 23.8. The van der Waals surface area contributed by atoms with Crippen LogP contribution in [0.2, 0.25) is 0 Å². The maximum atomic E-state index is 12.1. The van der Waals surface area contributed by atoms with Crippen molar-refractivity contribution >= 4 is 5.91 Å². The van der Waals surface area contributed by atoms with Crippen molar-refractivity contribution in [2.75, 3.05) is 26.9 Å². The van der Waals surface area contributed by atoms with Gasteiger partial charge in [-0.05, 0) is 25.0 Å². The van der Waals surface area contributed by atoms with Gasteiger partial charge in [0, 0.05) is 26.3 Å². The van der Waals surface area contributed by atoms with Crippen LogP contribution >= 0.6 is 0 Å². The number of ether oxygens (including phenoxy) is 2. The average Bonchev–Trinajstić information content (AvgIpc) is 2.67. The molecule has 1 unspecified atom stereocenters. The van der Waals surface area contributed by atoms with Gasteiger partial charge in [-0.1, -0.05) is 30.3 Å². The molecule has 1 heterocycles. The Morgan fingerprint density at radius 3 is 2.69 bits per heavy atom. The number of nitrogens with zero attached hydrogens (tertiary/aromatic N) is 2. The molecule has 7 heteroatoms. The Labute approximate surface area is 152 Å². The summed E-state index contributed by atoms with van der Waals surface area (Å²) in [6.07, 6.45) is 0.699. The first kappa shape index (κ1) is 19.8. The summed E-state index contributed by atoms with van der Waals surface area (Å²) in [5, 5.41) is 6.84. The number of rotatable bonds is 10. The molecule has 7 nitrogen and oxygen atoms in total. The topological polar surface area (TPSA) is 82.5 Å². The first-order chi connectivity index (χ1) is 12.6. The van der Waals surface area contributed by atoms with Gasteiger partial charge in [0.2, 0.25) is 0 Å². The molecule has 1 aromatic heterocycles. The van der Waals surface area contributed by atoms with E-state index in [9.17, 15) is 9.59 Å². The van der Waals surface area contributed by atoms with Gasteiger partial charge >= 0.3 is 0 Å². The SMILES string of the molecule is COCCn1nc(C(=O)NCCCOC(C)c2ccccc2)ccc1=O. The molecule has 0 saturated carbocycles. The van der Waals surface area contributed by atoms with Crippen molar-refractivity contribution in [3.8, 4) is 0 Å². The average molecular weight is 359 g/mol. The van der Waals surface area contributed by atoms with Crippen LogP contribution in [0.4, 0.5) is 0 Å². The van der Waals surface area contributed by atoms with Crippen molar-refractivity contribution in [3.63, 3.8) is 0 Å². The number of carbonyl (C=O) groups is 1. The second-order valence-corrected chi connectivity index (χ2v) is 5.81. The molecule has 26 heavy (non-hydrogen) atoms. The third-order valence-electron chi connectivity index (χ3n) is 3.85. The number of aromatic nitrogens is 2. The van der Waals surface area contributed by atoms with Gasteiger partial charge in [0.15, 0.2) is 0 Å². The van der Waals surface area contributed by atoms with Crippen molar-refractivity contribution in [1.82, 2.24) is 15.1 Å².